The summed E-state index contributed by atoms with van der Waals surface area (Å²) in [4.78, 5) is 14.9. The van der Waals surface area contributed by atoms with Gasteiger partial charge in [-0.05, 0) is 56.9 Å². The van der Waals surface area contributed by atoms with Gasteiger partial charge in [-0.2, -0.15) is 5.10 Å². The summed E-state index contributed by atoms with van der Waals surface area (Å²) in [7, 11) is 0. The van der Waals surface area contributed by atoms with Gasteiger partial charge in [0.05, 0.1) is 12.2 Å². The molecule has 5 heteroatoms. The number of carbonyl (C=O) groups is 1. The van der Waals surface area contributed by atoms with E-state index in [9.17, 15) is 4.79 Å². The van der Waals surface area contributed by atoms with Gasteiger partial charge in [0.25, 0.3) is 0 Å². The van der Waals surface area contributed by atoms with E-state index in [2.05, 4.69) is 33.1 Å². The first-order valence-electron chi connectivity index (χ1n) is 9.22. The Morgan fingerprint density at radius 1 is 1.30 bits per heavy atom. The summed E-state index contributed by atoms with van der Waals surface area (Å²) in [6, 6.07) is 1.70. The van der Waals surface area contributed by atoms with E-state index in [1.54, 1.807) is 0 Å². The molecule has 1 aromatic heterocycles. The third kappa shape index (κ3) is 3.30. The van der Waals surface area contributed by atoms with Crippen LogP contribution in [-0.4, -0.2) is 45.8 Å². The quantitative estimate of drug-likeness (QED) is 0.931. The topological polar surface area (TPSA) is 50.2 Å². The summed E-state index contributed by atoms with van der Waals surface area (Å²) in [6.07, 6.45) is 12.0. The lowest BCUT2D eigenvalue weighted by Crippen LogP contribution is -2.43. The molecule has 3 aliphatic heterocycles. The molecule has 2 bridgehead atoms. The average Bonchev–Trinajstić information content (AvgIpc) is 3.13. The summed E-state index contributed by atoms with van der Waals surface area (Å²) in [5.74, 6) is 0.957. The van der Waals surface area contributed by atoms with Crippen molar-refractivity contribution in [1.29, 1.82) is 0 Å². The molecule has 4 rings (SSSR count). The molecule has 3 atom stereocenters. The standard InChI is InChI=1S/C18H28N4O/c1-13-10-19-22(11-13)17-3-2-6-21(12-17)18(23)9-14-7-15-4-5-16(8-14)20-15/h10-11,14-17,20H,2-9,12H2,1H3. The number of aromatic nitrogens is 2. The van der Waals surface area contributed by atoms with E-state index in [-0.39, 0.29) is 0 Å². The maximum Gasteiger partial charge on any atom is 0.222 e. The summed E-state index contributed by atoms with van der Waals surface area (Å²) in [6.45, 7) is 3.83. The molecule has 4 heterocycles. The van der Waals surface area contributed by atoms with E-state index in [0.29, 0.717) is 30.0 Å². The maximum atomic E-state index is 12.8. The van der Waals surface area contributed by atoms with Crippen LogP contribution in [0.3, 0.4) is 0 Å². The summed E-state index contributed by atoms with van der Waals surface area (Å²) in [5, 5.41) is 8.11. The second kappa shape index (κ2) is 6.27. The number of fused-ring (bicyclic) bond motifs is 2. The molecule has 126 valence electrons. The van der Waals surface area contributed by atoms with Crippen LogP contribution >= 0.6 is 0 Å². The highest BCUT2D eigenvalue weighted by molar-refractivity contribution is 5.76. The molecule has 3 aliphatic rings. The molecule has 0 saturated carbocycles. The SMILES string of the molecule is Cc1cnn(C2CCCN(C(=O)CC3CC4CCC(C3)N4)C2)c1. The zero-order chi connectivity index (χ0) is 15.8. The van der Waals surface area contributed by atoms with Crippen molar-refractivity contribution in [1.82, 2.24) is 20.0 Å². The van der Waals surface area contributed by atoms with Crippen molar-refractivity contribution < 1.29 is 4.79 Å². The fraction of sp³-hybridized carbons (Fsp3) is 0.778. The summed E-state index contributed by atoms with van der Waals surface area (Å²) in [5.41, 5.74) is 1.19. The van der Waals surface area contributed by atoms with Crippen LogP contribution in [0, 0.1) is 12.8 Å². The summed E-state index contributed by atoms with van der Waals surface area (Å²) >= 11 is 0. The van der Waals surface area contributed by atoms with Gasteiger partial charge in [0.2, 0.25) is 5.91 Å². The second-order valence-corrected chi connectivity index (χ2v) is 7.81. The summed E-state index contributed by atoms with van der Waals surface area (Å²) < 4.78 is 2.06. The minimum atomic E-state index is 0.352. The lowest BCUT2D eigenvalue weighted by molar-refractivity contribution is -0.134. The van der Waals surface area contributed by atoms with Crippen LogP contribution in [0.1, 0.15) is 56.6 Å². The Kier molecular flexibility index (Phi) is 4.14. The highest BCUT2D eigenvalue weighted by atomic mass is 16.2. The van der Waals surface area contributed by atoms with Gasteiger partial charge >= 0.3 is 0 Å². The van der Waals surface area contributed by atoms with Crippen LogP contribution in [0.25, 0.3) is 0 Å². The van der Waals surface area contributed by atoms with Crippen molar-refractivity contribution in [2.24, 2.45) is 5.92 Å². The number of hydrogen-bond acceptors (Lipinski definition) is 3. The third-order valence-corrected chi connectivity index (χ3v) is 5.89. The Morgan fingerprint density at radius 2 is 2.09 bits per heavy atom. The van der Waals surface area contributed by atoms with Gasteiger partial charge in [0.1, 0.15) is 0 Å². The number of amides is 1. The van der Waals surface area contributed by atoms with Crippen LogP contribution in [-0.2, 0) is 4.79 Å². The van der Waals surface area contributed by atoms with Crippen molar-refractivity contribution in [2.45, 2.75) is 70.0 Å². The largest absolute Gasteiger partial charge is 0.341 e. The first-order valence-corrected chi connectivity index (χ1v) is 9.22. The second-order valence-electron chi connectivity index (χ2n) is 7.81. The number of aryl methyl sites for hydroxylation is 1. The van der Waals surface area contributed by atoms with Crippen LogP contribution in [0.4, 0.5) is 0 Å². The van der Waals surface area contributed by atoms with Gasteiger partial charge in [-0.3, -0.25) is 9.48 Å². The van der Waals surface area contributed by atoms with Crippen LogP contribution in [0.2, 0.25) is 0 Å². The van der Waals surface area contributed by atoms with Crippen LogP contribution in [0.5, 0.6) is 0 Å². The Bertz CT molecular complexity index is 557. The van der Waals surface area contributed by atoms with E-state index in [0.717, 1.165) is 32.4 Å². The first kappa shape index (κ1) is 15.2. The van der Waals surface area contributed by atoms with Crippen molar-refractivity contribution in [3.05, 3.63) is 18.0 Å². The smallest absolute Gasteiger partial charge is 0.222 e. The molecule has 1 amide bonds. The van der Waals surface area contributed by atoms with E-state index < -0.39 is 0 Å². The van der Waals surface area contributed by atoms with Gasteiger partial charge in [0, 0.05) is 37.8 Å². The van der Waals surface area contributed by atoms with Crippen molar-refractivity contribution in [2.75, 3.05) is 13.1 Å². The molecule has 0 aromatic carbocycles. The van der Waals surface area contributed by atoms with Crippen LogP contribution in [0.15, 0.2) is 12.4 Å². The fourth-order valence-electron chi connectivity index (χ4n) is 4.75. The van der Waals surface area contributed by atoms with Crippen LogP contribution < -0.4 is 5.32 Å². The van der Waals surface area contributed by atoms with E-state index in [1.165, 1.54) is 31.2 Å². The van der Waals surface area contributed by atoms with Gasteiger partial charge < -0.3 is 10.2 Å². The molecule has 1 N–H and O–H groups in total. The number of nitrogens with one attached hydrogen (secondary N) is 1. The normalized spacial score (nSPS) is 33.9. The Labute approximate surface area is 138 Å². The zero-order valence-electron chi connectivity index (χ0n) is 14.1. The van der Waals surface area contributed by atoms with Crippen molar-refractivity contribution in [3.63, 3.8) is 0 Å². The van der Waals surface area contributed by atoms with Crippen molar-refractivity contribution in [3.8, 4) is 0 Å². The Morgan fingerprint density at radius 3 is 2.78 bits per heavy atom. The molecule has 0 spiro atoms. The minimum absolute atomic E-state index is 0.352. The van der Waals surface area contributed by atoms with Gasteiger partial charge in [-0.1, -0.05) is 0 Å². The van der Waals surface area contributed by atoms with Crippen molar-refractivity contribution >= 4 is 5.91 Å². The molecule has 5 nitrogen and oxygen atoms in total. The molecule has 3 saturated heterocycles. The number of hydrogen-bond donors (Lipinski definition) is 1. The molecule has 0 radical (unpaired) electrons. The highest BCUT2D eigenvalue weighted by Gasteiger charge is 2.35. The van der Waals surface area contributed by atoms with Gasteiger partial charge in [-0.25, -0.2) is 0 Å². The average molecular weight is 316 g/mol. The van der Waals surface area contributed by atoms with E-state index in [4.69, 9.17) is 0 Å². The number of piperidine rings is 2. The minimum Gasteiger partial charge on any atom is -0.341 e. The predicted octanol–water partition coefficient (Wildman–Crippen LogP) is 2.28. The zero-order valence-corrected chi connectivity index (χ0v) is 14.1. The monoisotopic (exact) mass is 316 g/mol. The Balaban J connectivity index is 1.34. The molecule has 3 unspecified atom stereocenters. The predicted molar refractivity (Wildman–Crippen MR) is 89.1 cm³/mol. The molecule has 0 aliphatic carbocycles. The molecule has 3 fully saturated rings. The van der Waals surface area contributed by atoms with E-state index in [1.807, 2.05) is 6.20 Å². The fourth-order valence-corrected chi connectivity index (χ4v) is 4.75. The lowest BCUT2D eigenvalue weighted by Gasteiger charge is -2.35. The number of carbonyl (C=O) groups excluding carboxylic acids is 1. The van der Waals surface area contributed by atoms with E-state index >= 15 is 0 Å². The third-order valence-electron chi connectivity index (χ3n) is 5.89. The highest BCUT2D eigenvalue weighted by Crippen LogP contribution is 2.33. The molecule has 1 aromatic rings. The number of likely N-dealkylation sites (tertiary alicyclic amines) is 1. The number of rotatable bonds is 3. The molecular weight excluding hydrogens is 288 g/mol. The molecular formula is C18H28N4O. The van der Waals surface area contributed by atoms with Gasteiger partial charge in [-0.15, -0.1) is 0 Å². The number of nitrogens with zero attached hydrogens (tertiary/aromatic N) is 3. The molecule has 23 heavy (non-hydrogen) atoms. The van der Waals surface area contributed by atoms with Gasteiger partial charge in [0.15, 0.2) is 0 Å². The maximum absolute atomic E-state index is 12.8. The Hall–Kier alpha value is -1.36. The first-order chi connectivity index (χ1) is 11.2. The lowest BCUT2D eigenvalue weighted by atomic mass is 9.89.